The van der Waals surface area contributed by atoms with Crippen molar-refractivity contribution in [2.45, 2.75) is 0 Å². The smallest absolute Gasteiger partial charge is 1.00 e. The third-order valence-corrected chi connectivity index (χ3v) is 0. The van der Waals surface area contributed by atoms with Crippen LogP contribution in [0, 0.1) is 0 Å². The van der Waals surface area contributed by atoms with Gasteiger partial charge in [0.2, 0.25) is 0 Å². The predicted octanol–water partition coefficient (Wildman–Crippen LogP) is -6.03. The van der Waals surface area contributed by atoms with Crippen LogP contribution in [0.25, 0.3) is 0 Å². The van der Waals surface area contributed by atoms with Crippen molar-refractivity contribution in [2.24, 2.45) is 0 Å². The summed E-state index contributed by atoms with van der Waals surface area (Å²) in [7, 11) is 0. The summed E-state index contributed by atoms with van der Waals surface area (Å²) in [6.45, 7) is 0. The molecular formula is H12AlCaMgNaO2. The van der Waals surface area contributed by atoms with Crippen LogP contribution in [-0.2, 0) is 0 Å². The Balaban J connectivity index is 0. The van der Waals surface area contributed by atoms with Gasteiger partial charge < -0.3 is 18.1 Å². The van der Waals surface area contributed by atoms with Gasteiger partial charge in [0.15, 0.2) is 17.4 Å². The average molecular weight is 158 g/mol. The summed E-state index contributed by atoms with van der Waals surface area (Å²) in [6.07, 6.45) is 0. The van der Waals surface area contributed by atoms with E-state index in [9.17, 15) is 0 Å². The minimum absolute atomic E-state index is 0. The Hall–Kier alpha value is 3.48. The first-order valence-corrected chi connectivity index (χ1v) is 0. The molecule has 6 heavy (non-hydrogen) atoms. The Morgan fingerprint density at radius 2 is 1.00 bits per heavy atom. The molecule has 0 spiro atoms. The van der Waals surface area contributed by atoms with Crippen LogP contribution < -0.4 is 29.6 Å². The van der Waals surface area contributed by atoms with Gasteiger partial charge in [0.1, 0.15) is 0 Å². The first-order valence-electron chi connectivity index (χ1n) is 0. The van der Waals surface area contributed by atoms with E-state index in [-0.39, 0.29) is 126 Å². The Bertz CT molecular complexity index is 24.4. The Morgan fingerprint density at radius 1 is 1.00 bits per heavy atom. The molecule has 0 rings (SSSR count). The zero-order valence-electron chi connectivity index (χ0n) is 8.41. The largest absolute Gasteiger partial charge is 2.00 e. The van der Waals surface area contributed by atoms with E-state index >= 15 is 0 Å². The molecule has 0 bridgehead atoms. The van der Waals surface area contributed by atoms with Crippen LogP contribution in [0.4, 0.5) is 0 Å². The zero-order chi connectivity index (χ0) is 0. The SMILES string of the molecule is O.O.[AlH3].[Ca+2].[H-].[H-].[H-].[H-].[H-].[Mg+2].[Na+]. The fourth-order valence-electron chi connectivity index (χ4n) is 0. The molecule has 0 aliphatic heterocycles. The Labute approximate surface area is 123 Å². The van der Waals surface area contributed by atoms with Crippen LogP contribution in [-0.4, -0.2) is 89.1 Å². The number of rotatable bonds is 0. The molecule has 0 aliphatic rings. The van der Waals surface area contributed by atoms with Crippen molar-refractivity contribution in [2.75, 3.05) is 0 Å². The van der Waals surface area contributed by atoms with E-state index in [4.69, 9.17) is 0 Å². The van der Waals surface area contributed by atoms with Gasteiger partial charge in [0.25, 0.3) is 0 Å². The summed E-state index contributed by atoms with van der Waals surface area (Å²) in [5, 5.41) is 0. The van der Waals surface area contributed by atoms with Crippen molar-refractivity contribution in [1.29, 1.82) is 0 Å². The molecule has 0 aromatic heterocycles. The standard InChI is InChI=1S/Al.Ca.Mg.Na.2H2O.8H/h;;;;2*1H2;;;;;;;;/q;2*+2;+1;;;;;;5*-1. The van der Waals surface area contributed by atoms with Gasteiger partial charge >= 0.3 is 90.3 Å². The van der Waals surface area contributed by atoms with E-state index in [0.717, 1.165) is 0 Å². The topological polar surface area (TPSA) is 63.0 Å². The van der Waals surface area contributed by atoms with Crippen molar-refractivity contribution in [3.05, 3.63) is 0 Å². The summed E-state index contributed by atoms with van der Waals surface area (Å²) in [5.41, 5.74) is 0. The fourth-order valence-corrected chi connectivity index (χ4v) is 0. The average Bonchev–Trinajstić information content (AvgIpc) is 0. The first kappa shape index (κ1) is 56.3. The Morgan fingerprint density at radius 3 is 1.00 bits per heavy atom. The van der Waals surface area contributed by atoms with Crippen molar-refractivity contribution in [3.8, 4) is 0 Å². The maximum atomic E-state index is 0. The molecule has 0 unspecified atom stereocenters. The molecule has 6 heteroatoms. The molecule has 0 aromatic carbocycles. The van der Waals surface area contributed by atoms with Crippen LogP contribution in [0.5, 0.6) is 0 Å². The van der Waals surface area contributed by atoms with Crippen molar-refractivity contribution >= 4 is 78.2 Å². The van der Waals surface area contributed by atoms with E-state index in [0.29, 0.717) is 0 Å². The quantitative estimate of drug-likeness (QED) is 0.315. The number of hydrogen-bond donors (Lipinski definition) is 0. The number of hydrogen-bond acceptors (Lipinski definition) is 0. The summed E-state index contributed by atoms with van der Waals surface area (Å²) in [4.78, 5) is 0. The molecular weight excluding hydrogens is 146 g/mol. The van der Waals surface area contributed by atoms with Crippen LogP contribution >= 0.6 is 0 Å². The van der Waals surface area contributed by atoms with Gasteiger partial charge in [-0.3, -0.25) is 0 Å². The molecule has 0 aromatic rings. The van der Waals surface area contributed by atoms with Gasteiger partial charge in [0, 0.05) is 0 Å². The van der Waals surface area contributed by atoms with Crippen LogP contribution in [0.15, 0.2) is 0 Å². The molecule has 0 heterocycles. The second kappa shape index (κ2) is 39.2. The van der Waals surface area contributed by atoms with E-state index in [1.54, 1.807) is 0 Å². The summed E-state index contributed by atoms with van der Waals surface area (Å²) < 4.78 is 0. The zero-order valence-corrected chi connectivity index (χ0v) is 9.04. The third-order valence-electron chi connectivity index (χ3n) is 0. The molecule has 0 fully saturated rings. The maximum Gasteiger partial charge on any atom is 2.00 e. The van der Waals surface area contributed by atoms with Crippen molar-refractivity contribution in [3.63, 3.8) is 0 Å². The van der Waals surface area contributed by atoms with E-state index in [1.807, 2.05) is 0 Å². The molecule has 0 aliphatic carbocycles. The molecule has 0 saturated carbocycles. The van der Waals surface area contributed by atoms with Crippen LogP contribution in [0.2, 0.25) is 0 Å². The van der Waals surface area contributed by atoms with Crippen molar-refractivity contribution < 1.29 is 47.6 Å². The van der Waals surface area contributed by atoms with E-state index < -0.39 is 0 Å². The minimum atomic E-state index is 0. The van der Waals surface area contributed by atoms with Gasteiger partial charge in [-0.05, 0) is 0 Å². The minimum Gasteiger partial charge on any atom is -1.00 e. The monoisotopic (exact) mass is 158 g/mol. The second-order valence-corrected chi connectivity index (χ2v) is 0. The molecule has 4 N–H and O–H groups in total. The predicted molar refractivity (Wildman–Crippen MR) is 34.2 cm³/mol. The molecule has 0 radical (unpaired) electrons. The fraction of sp³-hybridized carbons (Fsp3) is 0. The summed E-state index contributed by atoms with van der Waals surface area (Å²) in [6, 6.07) is 0. The summed E-state index contributed by atoms with van der Waals surface area (Å²) in [5.74, 6) is 0. The van der Waals surface area contributed by atoms with Gasteiger partial charge in [-0.1, -0.05) is 0 Å². The molecule has 0 atom stereocenters. The van der Waals surface area contributed by atoms with Gasteiger partial charge in [-0.2, -0.15) is 0 Å². The van der Waals surface area contributed by atoms with E-state index in [1.165, 1.54) is 0 Å². The van der Waals surface area contributed by atoms with E-state index in [2.05, 4.69) is 0 Å². The summed E-state index contributed by atoms with van der Waals surface area (Å²) >= 11 is 0. The normalized spacial score (nSPS) is 0. The van der Waals surface area contributed by atoms with Crippen LogP contribution in [0.3, 0.4) is 0 Å². The van der Waals surface area contributed by atoms with Gasteiger partial charge in [-0.15, -0.1) is 0 Å². The molecule has 0 saturated heterocycles. The molecule has 32 valence electrons. The van der Waals surface area contributed by atoms with Crippen molar-refractivity contribution in [1.82, 2.24) is 0 Å². The van der Waals surface area contributed by atoms with Gasteiger partial charge in [0.05, 0.1) is 0 Å². The molecule has 2 nitrogen and oxygen atoms in total. The third kappa shape index (κ3) is 25.9. The second-order valence-electron chi connectivity index (χ2n) is 0. The maximum absolute atomic E-state index is 0. The Kier molecular flexibility index (Phi) is 368. The van der Waals surface area contributed by atoms with Gasteiger partial charge in [-0.25, -0.2) is 0 Å². The van der Waals surface area contributed by atoms with Crippen LogP contribution in [0.1, 0.15) is 7.13 Å². The first-order chi connectivity index (χ1) is 0. The molecule has 0 amide bonds.